The Morgan fingerprint density at radius 2 is 1.70 bits per heavy atom. The van der Waals surface area contributed by atoms with Gasteiger partial charge in [-0.1, -0.05) is 32.0 Å². The lowest BCUT2D eigenvalue weighted by molar-refractivity contribution is -0.132. The first kappa shape index (κ1) is 25.6. The maximum Gasteiger partial charge on any atom is 0.243 e. The standard InChI is InChI=1S/C23H36N4O5S/c1-18(2)21(23(29)24-10-13-26-14-16-32-17-15-26)25-22(28)19-8-11-27(12-9-19)33(30,31)20-6-4-3-5-7-20/h3-7,18-19,21H,8-17H2,1-2H3,(H,24,29)(H,25,28)/t21-/m0/s1. The van der Waals surface area contributed by atoms with Crippen LogP contribution in [0.4, 0.5) is 0 Å². The molecule has 2 heterocycles. The Morgan fingerprint density at radius 1 is 1.06 bits per heavy atom. The van der Waals surface area contributed by atoms with Crippen LogP contribution in [0.25, 0.3) is 0 Å². The van der Waals surface area contributed by atoms with Crippen LogP contribution >= 0.6 is 0 Å². The van der Waals surface area contributed by atoms with Crippen molar-refractivity contribution in [2.24, 2.45) is 11.8 Å². The van der Waals surface area contributed by atoms with E-state index in [1.807, 2.05) is 13.8 Å². The number of carbonyl (C=O) groups excluding carboxylic acids is 2. The van der Waals surface area contributed by atoms with Gasteiger partial charge in [0.25, 0.3) is 0 Å². The molecule has 2 amide bonds. The van der Waals surface area contributed by atoms with E-state index in [2.05, 4.69) is 15.5 Å². The Hall–Kier alpha value is -2.01. The van der Waals surface area contributed by atoms with Crippen molar-refractivity contribution in [2.45, 2.75) is 37.6 Å². The minimum atomic E-state index is -3.56. The molecule has 9 nitrogen and oxygen atoms in total. The van der Waals surface area contributed by atoms with Crippen molar-refractivity contribution in [1.29, 1.82) is 0 Å². The number of ether oxygens (including phenoxy) is 1. The molecule has 0 unspecified atom stereocenters. The van der Waals surface area contributed by atoms with Crippen LogP contribution in [0.15, 0.2) is 35.2 Å². The van der Waals surface area contributed by atoms with Gasteiger partial charge in [-0.05, 0) is 30.9 Å². The van der Waals surface area contributed by atoms with Gasteiger partial charge < -0.3 is 15.4 Å². The summed E-state index contributed by atoms with van der Waals surface area (Å²) in [4.78, 5) is 28.1. The third kappa shape index (κ3) is 6.99. The lowest BCUT2D eigenvalue weighted by Crippen LogP contribution is -2.53. The highest BCUT2D eigenvalue weighted by atomic mass is 32.2. The van der Waals surface area contributed by atoms with Crippen molar-refractivity contribution in [3.63, 3.8) is 0 Å². The fourth-order valence-electron chi connectivity index (χ4n) is 4.18. The zero-order valence-corrected chi connectivity index (χ0v) is 20.4. The molecule has 0 aromatic heterocycles. The molecule has 1 aromatic carbocycles. The molecule has 1 atom stereocenters. The van der Waals surface area contributed by atoms with E-state index in [4.69, 9.17) is 4.74 Å². The van der Waals surface area contributed by atoms with Gasteiger partial charge in [-0.15, -0.1) is 0 Å². The van der Waals surface area contributed by atoms with Gasteiger partial charge in [-0.2, -0.15) is 4.31 Å². The zero-order chi connectivity index (χ0) is 23.8. The number of rotatable bonds is 9. The molecule has 1 aromatic rings. The van der Waals surface area contributed by atoms with Gasteiger partial charge in [-0.3, -0.25) is 14.5 Å². The third-order valence-electron chi connectivity index (χ3n) is 6.28. The summed E-state index contributed by atoms with van der Waals surface area (Å²) in [5.41, 5.74) is 0. The summed E-state index contributed by atoms with van der Waals surface area (Å²) in [6.07, 6.45) is 0.864. The fourth-order valence-corrected chi connectivity index (χ4v) is 5.67. The Balaban J connectivity index is 1.48. The fraction of sp³-hybridized carbons (Fsp3) is 0.652. The van der Waals surface area contributed by atoms with Crippen LogP contribution in [0.3, 0.4) is 0 Å². The second kappa shape index (κ2) is 11.9. The molecule has 184 valence electrons. The number of carbonyl (C=O) groups is 2. The Morgan fingerprint density at radius 3 is 2.30 bits per heavy atom. The van der Waals surface area contributed by atoms with Gasteiger partial charge in [0.05, 0.1) is 18.1 Å². The topological polar surface area (TPSA) is 108 Å². The third-order valence-corrected chi connectivity index (χ3v) is 8.20. The van der Waals surface area contributed by atoms with Crippen molar-refractivity contribution >= 4 is 21.8 Å². The number of hydrogen-bond donors (Lipinski definition) is 2. The van der Waals surface area contributed by atoms with Crippen molar-refractivity contribution in [3.05, 3.63) is 30.3 Å². The Kier molecular flexibility index (Phi) is 9.25. The van der Waals surface area contributed by atoms with Gasteiger partial charge in [-0.25, -0.2) is 8.42 Å². The highest BCUT2D eigenvalue weighted by molar-refractivity contribution is 7.89. The molecule has 10 heteroatoms. The van der Waals surface area contributed by atoms with Gasteiger partial charge in [0.15, 0.2) is 0 Å². The van der Waals surface area contributed by atoms with E-state index in [1.165, 1.54) is 4.31 Å². The maximum atomic E-state index is 12.9. The quantitative estimate of drug-likeness (QED) is 0.538. The number of piperidine rings is 1. The van der Waals surface area contributed by atoms with Crippen LogP contribution in [-0.4, -0.2) is 88.0 Å². The predicted octanol–water partition coefficient (Wildman–Crippen LogP) is 0.677. The largest absolute Gasteiger partial charge is 0.379 e. The van der Waals surface area contributed by atoms with E-state index in [-0.39, 0.29) is 41.6 Å². The van der Waals surface area contributed by atoms with Gasteiger partial charge in [0, 0.05) is 45.2 Å². The Labute approximate surface area is 196 Å². The van der Waals surface area contributed by atoms with Crippen LogP contribution in [0.5, 0.6) is 0 Å². The number of benzene rings is 1. The molecular formula is C23H36N4O5S. The molecule has 33 heavy (non-hydrogen) atoms. The molecule has 0 saturated carbocycles. The molecule has 2 aliphatic rings. The SMILES string of the molecule is CC(C)[C@H](NC(=O)C1CCN(S(=O)(=O)c2ccccc2)CC1)C(=O)NCCN1CCOCC1. The average Bonchev–Trinajstić information content (AvgIpc) is 2.83. The molecule has 0 aliphatic carbocycles. The van der Waals surface area contributed by atoms with Crippen molar-refractivity contribution in [2.75, 3.05) is 52.5 Å². The highest BCUT2D eigenvalue weighted by Gasteiger charge is 2.34. The maximum absolute atomic E-state index is 12.9. The molecule has 0 bridgehead atoms. The lowest BCUT2D eigenvalue weighted by Gasteiger charge is -2.32. The first-order valence-electron chi connectivity index (χ1n) is 11.7. The summed E-state index contributed by atoms with van der Waals surface area (Å²) in [7, 11) is -3.56. The molecule has 2 N–H and O–H groups in total. The first-order chi connectivity index (χ1) is 15.8. The minimum absolute atomic E-state index is 0.0594. The van der Waals surface area contributed by atoms with Crippen LogP contribution < -0.4 is 10.6 Å². The Bertz CT molecular complexity index is 879. The van der Waals surface area contributed by atoms with Crippen LogP contribution in [-0.2, 0) is 24.3 Å². The molecule has 0 spiro atoms. The van der Waals surface area contributed by atoms with E-state index in [0.717, 1.165) is 19.6 Å². The summed E-state index contributed by atoms with van der Waals surface area (Å²) in [6, 6.07) is 7.72. The highest BCUT2D eigenvalue weighted by Crippen LogP contribution is 2.24. The average molecular weight is 481 g/mol. The molecule has 2 aliphatic heterocycles. The monoisotopic (exact) mass is 480 g/mol. The summed E-state index contributed by atoms with van der Waals surface area (Å²) >= 11 is 0. The van der Waals surface area contributed by atoms with Crippen LogP contribution in [0, 0.1) is 11.8 Å². The molecule has 2 saturated heterocycles. The van der Waals surface area contributed by atoms with Gasteiger partial charge >= 0.3 is 0 Å². The number of sulfonamides is 1. The van der Waals surface area contributed by atoms with Gasteiger partial charge in [0.2, 0.25) is 21.8 Å². The van der Waals surface area contributed by atoms with Crippen LogP contribution in [0.1, 0.15) is 26.7 Å². The molecule has 0 radical (unpaired) electrons. The van der Waals surface area contributed by atoms with Crippen molar-refractivity contribution in [1.82, 2.24) is 19.8 Å². The first-order valence-corrected chi connectivity index (χ1v) is 13.2. The smallest absolute Gasteiger partial charge is 0.243 e. The summed E-state index contributed by atoms with van der Waals surface area (Å²) in [6.45, 7) is 8.80. The zero-order valence-electron chi connectivity index (χ0n) is 19.5. The minimum Gasteiger partial charge on any atom is -0.379 e. The lowest BCUT2D eigenvalue weighted by atomic mass is 9.95. The normalized spacial score (nSPS) is 19.8. The summed E-state index contributed by atoms with van der Waals surface area (Å²) in [5, 5.41) is 5.85. The molecular weight excluding hydrogens is 444 g/mol. The van der Waals surface area contributed by atoms with E-state index in [1.54, 1.807) is 30.3 Å². The number of morpholine rings is 1. The predicted molar refractivity (Wildman–Crippen MR) is 125 cm³/mol. The van der Waals surface area contributed by atoms with E-state index in [9.17, 15) is 18.0 Å². The number of hydrogen-bond acceptors (Lipinski definition) is 6. The second-order valence-corrected chi connectivity index (χ2v) is 10.9. The van der Waals surface area contributed by atoms with Crippen LogP contribution in [0.2, 0.25) is 0 Å². The van der Waals surface area contributed by atoms with Crippen molar-refractivity contribution in [3.8, 4) is 0 Å². The van der Waals surface area contributed by atoms with E-state index in [0.29, 0.717) is 32.6 Å². The van der Waals surface area contributed by atoms with Crippen molar-refractivity contribution < 1.29 is 22.7 Å². The number of amides is 2. The molecule has 2 fully saturated rings. The van der Waals surface area contributed by atoms with E-state index >= 15 is 0 Å². The second-order valence-electron chi connectivity index (χ2n) is 8.97. The molecule has 3 rings (SSSR count). The number of nitrogens with one attached hydrogen (secondary N) is 2. The number of nitrogens with zero attached hydrogens (tertiary/aromatic N) is 2. The summed E-state index contributed by atoms with van der Waals surface area (Å²) < 4.78 is 32.4. The van der Waals surface area contributed by atoms with Gasteiger partial charge in [0.1, 0.15) is 6.04 Å². The summed E-state index contributed by atoms with van der Waals surface area (Å²) in [5.74, 6) is -0.741. The van der Waals surface area contributed by atoms with E-state index < -0.39 is 16.1 Å².